The smallest absolute Gasteiger partial charge is 0.354 e. The van der Waals surface area contributed by atoms with Crippen molar-refractivity contribution in [2.75, 3.05) is 12.0 Å². The fourth-order valence-electron chi connectivity index (χ4n) is 1.01. The van der Waals surface area contributed by atoms with E-state index in [-0.39, 0.29) is 18.0 Å². The number of nitrogens with one attached hydrogen (secondary N) is 1. The van der Waals surface area contributed by atoms with E-state index in [0.29, 0.717) is 0 Å². The number of benzene rings is 1. The zero-order valence-corrected chi connectivity index (χ0v) is 9.46. The van der Waals surface area contributed by atoms with E-state index in [2.05, 4.69) is 15.3 Å². The fourth-order valence-corrected chi connectivity index (χ4v) is 1.01. The number of rotatable bonds is 4. The third-order valence-electron chi connectivity index (χ3n) is 1.85. The molecule has 1 N–H and O–H groups in total. The summed E-state index contributed by atoms with van der Waals surface area (Å²) in [5.74, 6) is -2.06. The molecule has 0 unspecified atom stereocenters. The van der Waals surface area contributed by atoms with E-state index < -0.39 is 17.6 Å². The Hall–Kier alpha value is -1.98. The highest BCUT2D eigenvalue weighted by molar-refractivity contribution is 6.35. The Morgan fingerprint density at radius 2 is 2.18 bits per heavy atom. The van der Waals surface area contributed by atoms with Crippen molar-refractivity contribution in [1.82, 2.24) is 0 Å². The summed E-state index contributed by atoms with van der Waals surface area (Å²) in [6, 6.07) is 2.99. The lowest BCUT2D eigenvalue weighted by molar-refractivity contribution is -0.135. The second-order valence-electron chi connectivity index (χ2n) is 3.15. The molecular formula is C11H12F2N2O2. The molecule has 0 saturated carbocycles. The van der Waals surface area contributed by atoms with Crippen LogP contribution in [0.5, 0.6) is 0 Å². The molecule has 0 saturated heterocycles. The van der Waals surface area contributed by atoms with Crippen LogP contribution in [0.4, 0.5) is 14.5 Å². The van der Waals surface area contributed by atoms with Crippen molar-refractivity contribution >= 4 is 17.4 Å². The first-order chi connectivity index (χ1) is 8.04. The van der Waals surface area contributed by atoms with Crippen LogP contribution in [0.1, 0.15) is 13.8 Å². The summed E-state index contributed by atoms with van der Waals surface area (Å²) in [5, 5.41) is 3.63. The molecule has 17 heavy (non-hydrogen) atoms. The summed E-state index contributed by atoms with van der Waals surface area (Å²) in [4.78, 5) is 11.2. The van der Waals surface area contributed by atoms with Crippen molar-refractivity contribution < 1.29 is 18.3 Å². The topological polar surface area (TPSA) is 50.7 Å². The zero-order valence-electron chi connectivity index (χ0n) is 9.46. The van der Waals surface area contributed by atoms with E-state index in [4.69, 9.17) is 0 Å². The molecule has 0 atom stereocenters. The van der Waals surface area contributed by atoms with Gasteiger partial charge in [0.2, 0.25) is 0 Å². The van der Waals surface area contributed by atoms with Crippen LogP contribution >= 0.6 is 0 Å². The molecule has 0 amide bonds. The van der Waals surface area contributed by atoms with Gasteiger partial charge in [-0.1, -0.05) is 0 Å². The number of anilines is 1. The number of carbonyl (C=O) groups excluding carboxylic acids is 1. The quantitative estimate of drug-likeness (QED) is 0.500. The molecule has 92 valence electrons. The van der Waals surface area contributed by atoms with Gasteiger partial charge in [-0.15, -0.1) is 0 Å². The van der Waals surface area contributed by atoms with Gasteiger partial charge in [0.05, 0.1) is 12.3 Å². The van der Waals surface area contributed by atoms with Gasteiger partial charge in [0.25, 0.3) is 0 Å². The maximum Gasteiger partial charge on any atom is 0.354 e. The van der Waals surface area contributed by atoms with Crippen LogP contribution in [0, 0.1) is 11.6 Å². The molecule has 0 aromatic heterocycles. The van der Waals surface area contributed by atoms with Crippen LogP contribution in [0.25, 0.3) is 0 Å². The lowest BCUT2D eigenvalue weighted by Gasteiger charge is -2.04. The van der Waals surface area contributed by atoms with E-state index >= 15 is 0 Å². The first-order valence-corrected chi connectivity index (χ1v) is 4.97. The van der Waals surface area contributed by atoms with Gasteiger partial charge >= 0.3 is 5.97 Å². The SMILES string of the molecule is CCOC(=O)/C(C)=N\Nc1ccc(F)cc1F. The summed E-state index contributed by atoms with van der Waals surface area (Å²) in [7, 11) is 0. The van der Waals surface area contributed by atoms with Gasteiger partial charge in [0.1, 0.15) is 11.5 Å². The number of halogens is 2. The molecule has 1 aromatic carbocycles. The summed E-state index contributed by atoms with van der Waals surface area (Å²) < 4.78 is 30.4. The molecule has 0 aliphatic carbocycles. The third-order valence-corrected chi connectivity index (χ3v) is 1.85. The Morgan fingerprint density at radius 1 is 1.47 bits per heavy atom. The van der Waals surface area contributed by atoms with Gasteiger partial charge < -0.3 is 4.74 Å². The van der Waals surface area contributed by atoms with Crippen LogP contribution < -0.4 is 5.43 Å². The number of hydrogen-bond donors (Lipinski definition) is 1. The van der Waals surface area contributed by atoms with Crippen molar-refractivity contribution in [3.8, 4) is 0 Å². The monoisotopic (exact) mass is 242 g/mol. The molecule has 0 aliphatic heterocycles. The van der Waals surface area contributed by atoms with Gasteiger partial charge in [-0.2, -0.15) is 5.10 Å². The van der Waals surface area contributed by atoms with Gasteiger partial charge in [-0.25, -0.2) is 13.6 Å². The minimum absolute atomic E-state index is 0.0185. The first-order valence-electron chi connectivity index (χ1n) is 4.97. The average Bonchev–Trinajstić information content (AvgIpc) is 2.27. The fraction of sp³-hybridized carbons (Fsp3) is 0.273. The van der Waals surface area contributed by atoms with E-state index in [1.165, 1.54) is 13.0 Å². The molecule has 1 rings (SSSR count). The normalized spacial score (nSPS) is 11.2. The first kappa shape index (κ1) is 13.1. The summed E-state index contributed by atoms with van der Waals surface area (Å²) >= 11 is 0. The van der Waals surface area contributed by atoms with Gasteiger partial charge in [0.15, 0.2) is 5.82 Å². The number of hydrogen-bond acceptors (Lipinski definition) is 4. The largest absolute Gasteiger partial charge is 0.461 e. The molecule has 0 fully saturated rings. The summed E-state index contributed by atoms with van der Waals surface area (Å²) in [5.41, 5.74) is 2.36. The van der Waals surface area contributed by atoms with Crippen molar-refractivity contribution in [2.24, 2.45) is 5.10 Å². The van der Waals surface area contributed by atoms with E-state index in [1.807, 2.05) is 0 Å². The van der Waals surface area contributed by atoms with Crippen molar-refractivity contribution in [3.63, 3.8) is 0 Å². The molecule has 0 radical (unpaired) electrons. The van der Waals surface area contributed by atoms with Gasteiger partial charge in [-0.3, -0.25) is 5.43 Å². The minimum atomic E-state index is -0.787. The number of hydrazone groups is 1. The lowest BCUT2D eigenvalue weighted by Crippen LogP contribution is -2.15. The standard InChI is InChI=1S/C11H12F2N2O2/c1-3-17-11(16)7(2)14-15-10-5-4-8(12)6-9(10)13/h4-6,15H,3H2,1-2H3/b14-7-. The summed E-state index contributed by atoms with van der Waals surface area (Å²) in [6.45, 7) is 3.32. The highest BCUT2D eigenvalue weighted by atomic mass is 19.1. The Bertz CT molecular complexity index is 447. The van der Waals surface area contributed by atoms with E-state index in [1.54, 1.807) is 6.92 Å². The molecule has 0 heterocycles. The van der Waals surface area contributed by atoms with Crippen molar-refractivity contribution in [3.05, 3.63) is 29.8 Å². The predicted octanol–water partition coefficient (Wildman–Crippen LogP) is 2.32. The third kappa shape index (κ3) is 3.82. The van der Waals surface area contributed by atoms with Gasteiger partial charge in [-0.05, 0) is 26.0 Å². The van der Waals surface area contributed by atoms with Gasteiger partial charge in [0, 0.05) is 6.07 Å². The molecule has 4 nitrogen and oxygen atoms in total. The molecule has 0 aliphatic rings. The molecule has 1 aromatic rings. The predicted molar refractivity (Wildman–Crippen MR) is 59.7 cm³/mol. The Labute approximate surface area is 97.3 Å². The Kier molecular flexibility index (Phi) is 4.56. The second kappa shape index (κ2) is 5.93. The average molecular weight is 242 g/mol. The maximum absolute atomic E-state index is 13.2. The lowest BCUT2D eigenvalue weighted by atomic mass is 10.3. The zero-order chi connectivity index (χ0) is 12.8. The van der Waals surface area contributed by atoms with Crippen molar-refractivity contribution in [1.29, 1.82) is 0 Å². The molecule has 6 heteroatoms. The highest BCUT2D eigenvalue weighted by Crippen LogP contribution is 2.14. The van der Waals surface area contributed by atoms with Crippen LogP contribution in [0.2, 0.25) is 0 Å². The van der Waals surface area contributed by atoms with Crippen LogP contribution in [0.15, 0.2) is 23.3 Å². The summed E-state index contributed by atoms with van der Waals surface area (Å²) in [6.07, 6.45) is 0. The molecular weight excluding hydrogens is 230 g/mol. The highest BCUT2D eigenvalue weighted by Gasteiger charge is 2.07. The van der Waals surface area contributed by atoms with Crippen LogP contribution in [-0.2, 0) is 9.53 Å². The number of nitrogens with zero attached hydrogens (tertiary/aromatic N) is 1. The number of carbonyl (C=O) groups is 1. The van der Waals surface area contributed by atoms with E-state index in [9.17, 15) is 13.6 Å². The second-order valence-corrected chi connectivity index (χ2v) is 3.15. The molecule has 0 bridgehead atoms. The number of esters is 1. The Morgan fingerprint density at radius 3 is 2.76 bits per heavy atom. The molecule has 0 spiro atoms. The van der Waals surface area contributed by atoms with E-state index in [0.717, 1.165) is 12.1 Å². The Balaban J connectivity index is 2.72. The van der Waals surface area contributed by atoms with Crippen LogP contribution in [0.3, 0.4) is 0 Å². The number of ether oxygens (including phenoxy) is 1. The van der Waals surface area contributed by atoms with Crippen molar-refractivity contribution in [2.45, 2.75) is 13.8 Å². The minimum Gasteiger partial charge on any atom is -0.461 e. The van der Waals surface area contributed by atoms with Crippen LogP contribution in [-0.4, -0.2) is 18.3 Å². The maximum atomic E-state index is 13.2.